The molecular weight excluding hydrogens is 661 g/mol. The van der Waals surface area contributed by atoms with Gasteiger partial charge in [-0.15, -0.1) is 0 Å². The van der Waals surface area contributed by atoms with Crippen LogP contribution in [0.4, 0.5) is 18.9 Å². The molecule has 4 rings (SSSR count). The van der Waals surface area contributed by atoms with Crippen LogP contribution in [0.5, 0.6) is 17.2 Å². The van der Waals surface area contributed by atoms with Crippen LogP contribution < -0.4 is 19.7 Å². The van der Waals surface area contributed by atoms with Crippen molar-refractivity contribution in [2.45, 2.75) is 0 Å². The van der Waals surface area contributed by atoms with Crippen molar-refractivity contribution < 1.29 is 37.2 Å². The first kappa shape index (κ1) is 33.7. The van der Waals surface area contributed by atoms with Crippen LogP contribution in [0.25, 0.3) is 0 Å². The summed E-state index contributed by atoms with van der Waals surface area (Å²) in [4.78, 5) is 2.05. The number of nitrogens with one attached hydrogen (secondary N) is 1. The van der Waals surface area contributed by atoms with Crippen molar-refractivity contribution in [3.05, 3.63) is 81.0 Å². The second-order valence-corrected chi connectivity index (χ2v) is 9.92. The number of hydrogen-bond acceptors (Lipinski definition) is 7. The maximum Gasteiger partial charge on any atom is 0.150 e. The van der Waals surface area contributed by atoms with E-state index in [4.69, 9.17) is 24.1 Å². The third-order valence-corrected chi connectivity index (χ3v) is 6.57. The normalized spacial score (nSPS) is 12.5. The van der Waals surface area contributed by atoms with E-state index in [-0.39, 0.29) is 17.4 Å². The summed E-state index contributed by atoms with van der Waals surface area (Å²) in [5, 5.41) is 11.9. The molecule has 2 N–H and O–H groups in total. The molecule has 0 atom stereocenters. The van der Waals surface area contributed by atoms with Crippen molar-refractivity contribution in [2.75, 3.05) is 71.7 Å². The quantitative estimate of drug-likeness (QED) is 0.260. The van der Waals surface area contributed by atoms with E-state index in [2.05, 4.69) is 37.2 Å². The summed E-state index contributed by atoms with van der Waals surface area (Å²) in [7, 11) is 3.20. The van der Waals surface area contributed by atoms with Crippen LogP contribution >= 0.6 is 31.9 Å². The molecule has 220 valence electrons. The van der Waals surface area contributed by atoms with Crippen molar-refractivity contribution in [3.63, 3.8) is 0 Å². The Kier molecular flexibility index (Phi) is 15.8. The lowest BCUT2D eigenvalue weighted by Crippen LogP contribution is -2.43. The van der Waals surface area contributed by atoms with Crippen molar-refractivity contribution in [1.82, 2.24) is 5.32 Å². The van der Waals surface area contributed by atoms with Gasteiger partial charge in [0.05, 0.1) is 27.8 Å². The highest BCUT2D eigenvalue weighted by Gasteiger charge is 2.14. The Hall–Kier alpha value is -2.51. The van der Waals surface area contributed by atoms with Gasteiger partial charge in [0.2, 0.25) is 0 Å². The minimum atomic E-state index is -0.449. The fraction of sp³-hybridized carbons (Fsp3) is 0.357. The lowest BCUT2D eigenvalue weighted by atomic mass is 10.2. The zero-order valence-electron chi connectivity index (χ0n) is 22.3. The number of nitrogens with zero attached hydrogens (tertiary/aromatic N) is 1. The van der Waals surface area contributed by atoms with Crippen molar-refractivity contribution in [1.29, 1.82) is 0 Å². The third kappa shape index (κ3) is 12.3. The lowest BCUT2D eigenvalue weighted by Gasteiger charge is -2.29. The highest BCUT2D eigenvalue weighted by Crippen LogP contribution is 2.24. The van der Waals surface area contributed by atoms with Crippen molar-refractivity contribution >= 4 is 37.5 Å². The molecule has 1 aliphatic heterocycles. The van der Waals surface area contributed by atoms with Crippen LogP contribution in [0.2, 0.25) is 0 Å². The number of hydrogen-bond donors (Lipinski definition) is 2. The van der Waals surface area contributed by atoms with Gasteiger partial charge >= 0.3 is 0 Å². The molecule has 0 aromatic heterocycles. The standard InChI is InChI=1S/C13H19FN2O2.C9H10BrFO2.C6H4BrFO/c1-17-8-9-18-11-2-3-13(12(14)10-11)16-6-4-15-5-7-16;1-12-4-5-13-7-2-3-8(10)9(11)6-7;7-5-2-1-4(9)3-6(5)8/h2-3,10,15H,4-9H2,1H3;2-3,6H,4-5H2,1H3;1-3,9H. The average Bonchev–Trinajstić information content (AvgIpc) is 2.94. The molecule has 1 fully saturated rings. The number of benzene rings is 3. The number of methoxy groups -OCH3 is 2. The van der Waals surface area contributed by atoms with Gasteiger partial charge in [-0.25, -0.2) is 13.2 Å². The molecule has 1 saturated heterocycles. The van der Waals surface area contributed by atoms with E-state index in [1.807, 2.05) is 4.90 Å². The number of ether oxygens (including phenoxy) is 4. The van der Waals surface area contributed by atoms with Crippen LogP contribution in [-0.2, 0) is 9.47 Å². The van der Waals surface area contributed by atoms with Gasteiger partial charge in [0.15, 0.2) is 0 Å². The van der Waals surface area contributed by atoms with Crippen LogP contribution in [-0.4, -0.2) is 71.9 Å². The summed E-state index contributed by atoms with van der Waals surface area (Å²) in [6, 6.07) is 13.6. The number of phenolic OH excluding ortho intramolecular Hbond substituents is 1. The Morgan fingerprint density at radius 3 is 1.70 bits per heavy atom. The molecule has 0 unspecified atom stereocenters. The third-order valence-electron chi connectivity index (χ3n) is 5.28. The summed E-state index contributed by atoms with van der Waals surface area (Å²) >= 11 is 6.00. The Balaban J connectivity index is 0.000000224. The van der Waals surface area contributed by atoms with E-state index >= 15 is 0 Å². The zero-order chi connectivity index (χ0) is 29.3. The van der Waals surface area contributed by atoms with Gasteiger partial charge in [-0.2, -0.15) is 0 Å². The van der Waals surface area contributed by atoms with Crippen LogP contribution in [0.3, 0.4) is 0 Å². The Morgan fingerprint density at radius 1 is 0.725 bits per heavy atom. The molecule has 0 saturated carbocycles. The van der Waals surface area contributed by atoms with Gasteiger partial charge in [0.1, 0.15) is 47.9 Å². The molecular formula is C28H33Br2F3N2O5. The maximum absolute atomic E-state index is 14.0. The van der Waals surface area contributed by atoms with Gasteiger partial charge in [0, 0.05) is 58.6 Å². The molecule has 0 spiro atoms. The Morgan fingerprint density at radius 2 is 1.23 bits per heavy atom. The van der Waals surface area contributed by atoms with E-state index in [0.717, 1.165) is 32.2 Å². The Labute approximate surface area is 249 Å². The van der Waals surface area contributed by atoms with Crippen molar-refractivity contribution in [3.8, 4) is 17.2 Å². The van der Waals surface area contributed by atoms with Crippen molar-refractivity contribution in [2.24, 2.45) is 0 Å². The highest BCUT2D eigenvalue weighted by molar-refractivity contribution is 9.10. The molecule has 12 heteroatoms. The van der Waals surface area contributed by atoms with E-state index in [1.54, 1.807) is 38.5 Å². The first-order valence-electron chi connectivity index (χ1n) is 12.3. The van der Waals surface area contributed by atoms with Crippen LogP contribution in [0.15, 0.2) is 63.5 Å². The molecule has 40 heavy (non-hydrogen) atoms. The summed E-state index contributed by atoms with van der Waals surface area (Å²) < 4.78 is 60.3. The smallest absolute Gasteiger partial charge is 0.150 e. The minimum absolute atomic E-state index is 0.0595. The molecule has 3 aromatic carbocycles. The summed E-state index contributed by atoms with van der Waals surface area (Å²) in [5.74, 6) is -0.00591. The van der Waals surface area contributed by atoms with Gasteiger partial charge < -0.3 is 34.3 Å². The number of aromatic hydroxyl groups is 1. The number of anilines is 1. The minimum Gasteiger partial charge on any atom is -0.508 e. The predicted molar refractivity (Wildman–Crippen MR) is 156 cm³/mol. The molecule has 0 amide bonds. The van der Waals surface area contributed by atoms with Gasteiger partial charge in [0.25, 0.3) is 0 Å². The second kappa shape index (κ2) is 18.8. The topological polar surface area (TPSA) is 72.4 Å². The number of piperazine rings is 1. The fourth-order valence-corrected chi connectivity index (χ4v) is 3.77. The van der Waals surface area contributed by atoms with E-state index in [0.29, 0.717) is 52.6 Å². The highest BCUT2D eigenvalue weighted by atomic mass is 79.9. The van der Waals surface area contributed by atoms with E-state index < -0.39 is 5.82 Å². The monoisotopic (exact) mass is 692 g/mol. The summed E-state index contributed by atoms with van der Waals surface area (Å²) in [6.45, 7) is 5.32. The fourth-order valence-electron chi connectivity index (χ4n) is 3.28. The summed E-state index contributed by atoms with van der Waals surface area (Å²) in [5.41, 5.74) is 0.649. The first-order valence-corrected chi connectivity index (χ1v) is 13.9. The molecule has 0 aliphatic carbocycles. The molecule has 7 nitrogen and oxygen atoms in total. The predicted octanol–water partition coefficient (Wildman–Crippen LogP) is 6.17. The molecule has 1 heterocycles. The largest absolute Gasteiger partial charge is 0.508 e. The van der Waals surface area contributed by atoms with Crippen LogP contribution in [0.1, 0.15) is 0 Å². The Bertz CT molecular complexity index is 1170. The molecule has 1 aliphatic rings. The van der Waals surface area contributed by atoms with Gasteiger partial charge in [-0.05, 0) is 68.3 Å². The zero-order valence-corrected chi connectivity index (χ0v) is 25.4. The SMILES string of the molecule is COCCOc1ccc(Br)c(F)c1.COCCOc1ccc(N2CCNCC2)c(F)c1.Oc1ccc(Br)c(F)c1. The van der Waals surface area contributed by atoms with E-state index in [1.165, 1.54) is 24.3 Å². The first-order chi connectivity index (χ1) is 19.2. The summed E-state index contributed by atoms with van der Waals surface area (Å²) in [6.07, 6.45) is 0. The molecule has 0 bridgehead atoms. The lowest BCUT2D eigenvalue weighted by molar-refractivity contribution is 0.146. The number of rotatable bonds is 9. The van der Waals surface area contributed by atoms with Gasteiger partial charge in [-0.1, -0.05) is 0 Å². The maximum atomic E-state index is 14.0. The number of halogens is 5. The van der Waals surface area contributed by atoms with E-state index in [9.17, 15) is 13.2 Å². The second-order valence-electron chi connectivity index (χ2n) is 8.21. The molecule has 0 radical (unpaired) electrons. The van der Waals surface area contributed by atoms with Crippen LogP contribution in [0, 0.1) is 17.5 Å². The molecule has 3 aromatic rings. The van der Waals surface area contributed by atoms with Gasteiger partial charge in [-0.3, -0.25) is 0 Å². The number of phenols is 1. The average molecular weight is 694 g/mol.